The van der Waals surface area contributed by atoms with Crippen molar-refractivity contribution in [2.24, 2.45) is 11.3 Å². The predicted molar refractivity (Wildman–Crippen MR) is 139 cm³/mol. The molecular formula is C28H38ClN3O2. The molecule has 2 aromatic rings. The summed E-state index contributed by atoms with van der Waals surface area (Å²) in [5.74, 6) is 0.107. The zero-order valence-corrected chi connectivity index (χ0v) is 21.7. The molecule has 1 fully saturated rings. The third-order valence-corrected chi connectivity index (χ3v) is 6.81. The minimum atomic E-state index is -0.119. The van der Waals surface area contributed by atoms with Gasteiger partial charge >= 0.3 is 0 Å². The molecule has 0 atom stereocenters. The van der Waals surface area contributed by atoms with E-state index in [1.807, 2.05) is 49.4 Å². The van der Waals surface area contributed by atoms with Gasteiger partial charge in [0.05, 0.1) is 0 Å². The number of benzene rings is 2. The number of carbonyl (C=O) groups excluding carboxylic acids is 2. The van der Waals surface area contributed by atoms with Crippen molar-refractivity contribution >= 4 is 23.4 Å². The van der Waals surface area contributed by atoms with Crippen molar-refractivity contribution in [3.05, 3.63) is 69.7 Å². The first-order valence-electron chi connectivity index (χ1n) is 12.2. The number of piperidine rings is 1. The Bertz CT molecular complexity index is 974. The number of aryl methyl sites for hydroxylation is 1. The van der Waals surface area contributed by atoms with Gasteiger partial charge < -0.3 is 15.5 Å². The first-order chi connectivity index (χ1) is 16.1. The van der Waals surface area contributed by atoms with Gasteiger partial charge in [0.25, 0.3) is 5.91 Å². The smallest absolute Gasteiger partial charge is 0.251 e. The second kappa shape index (κ2) is 11.9. The van der Waals surface area contributed by atoms with E-state index in [1.54, 1.807) is 0 Å². The van der Waals surface area contributed by atoms with E-state index in [2.05, 4.69) is 36.3 Å². The molecule has 0 saturated carbocycles. The van der Waals surface area contributed by atoms with Crippen molar-refractivity contribution in [1.29, 1.82) is 0 Å². The zero-order chi connectivity index (χ0) is 24.7. The highest BCUT2D eigenvalue weighted by molar-refractivity contribution is 6.30. The van der Waals surface area contributed by atoms with Gasteiger partial charge in [-0.05, 0) is 92.2 Å². The molecule has 34 heavy (non-hydrogen) atoms. The molecule has 1 heterocycles. The van der Waals surface area contributed by atoms with E-state index in [9.17, 15) is 9.59 Å². The minimum Gasteiger partial charge on any atom is -0.352 e. The molecule has 1 saturated heterocycles. The fourth-order valence-electron chi connectivity index (χ4n) is 4.16. The third-order valence-electron chi connectivity index (χ3n) is 6.56. The number of hydrogen-bond donors (Lipinski definition) is 2. The summed E-state index contributed by atoms with van der Waals surface area (Å²) in [6.45, 7) is 12.8. The average Bonchev–Trinajstić information content (AvgIpc) is 2.81. The van der Waals surface area contributed by atoms with E-state index in [4.69, 9.17) is 11.6 Å². The lowest BCUT2D eigenvalue weighted by Crippen LogP contribution is -2.41. The summed E-state index contributed by atoms with van der Waals surface area (Å²) >= 11 is 5.91. The molecule has 1 aliphatic rings. The summed E-state index contributed by atoms with van der Waals surface area (Å²) in [4.78, 5) is 27.7. The molecule has 2 aromatic carbocycles. The summed E-state index contributed by atoms with van der Waals surface area (Å²) in [6, 6.07) is 13.1. The zero-order valence-electron chi connectivity index (χ0n) is 20.9. The number of carbonyl (C=O) groups is 2. The molecule has 0 radical (unpaired) electrons. The molecule has 1 aliphatic heterocycles. The number of likely N-dealkylation sites (tertiary alicyclic amines) is 1. The van der Waals surface area contributed by atoms with Crippen LogP contribution in [0, 0.1) is 18.3 Å². The fourth-order valence-corrected chi connectivity index (χ4v) is 4.29. The van der Waals surface area contributed by atoms with Gasteiger partial charge in [-0.2, -0.15) is 0 Å². The van der Waals surface area contributed by atoms with Crippen LogP contribution in [0.4, 0.5) is 0 Å². The van der Waals surface area contributed by atoms with E-state index >= 15 is 0 Å². The highest BCUT2D eigenvalue weighted by Crippen LogP contribution is 2.23. The van der Waals surface area contributed by atoms with Gasteiger partial charge in [-0.3, -0.25) is 9.59 Å². The summed E-state index contributed by atoms with van der Waals surface area (Å²) < 4.78 is 0. The van der Waals surface area contributed by atoms with Gasteiger partial charge in [-0.15, -0.1) is 0 Å². The van der Waals surface area contributed by atoms with E-state index in [0.29, 0.717) is 29.1 Å². The number of amides is 2. The van der Waals surface area contributed by atoms with E-state index < -0.39 is 0 Å². The van der Waals surface area contributed by atoms with Crippen LogP contribution >= 0.6 is 11.6 Å². The number of nitrogens with zero attached hydrogens (tertiary/aromatic N) is 1. The van der Waals surface area contributed by atoms with Crippen molar-refractivity contribution in [2.75, 3.05) is 19.6 Å². The number of halogens is 1. The molecule has 0 aromatic heterocycles. The summed E-state index contributed by atoms with van der Waals surface area (Å²) in [5.41, 5.74) is 3.98. The molecule has 184 valence electrons. The second-order valence-corrected chi connectivity index (χ2v) is 11.0. The molecule has 0 unspecified atom stereocenters. The summed E-state index contributed by atoms with van der Waals surface area (Å²) in [6.07, 6.45) is 3.02. The first kappa shape index (κ1) is 26.2. The SMILES string of the molecule is Cc1cc(C(=O)NCc2ccc(Cl)cc2)ccc1CNC(=O)C1CCN(CCC(C)(C)C)CC1. The normalized spacial score (nSPS) is 15.2. The van der Waals surface area contributed by atoms with Gasteiger partial charge in [-0.1, -0.05) is 50.6 Å². The quantitative estimate of drug-likeness (QED) is 0.532. The van der Waals surface area contributed by atoms with Gasteiger partial charge in [-0.25, -0.2) is 0 Å². The van der Waals surface area contributed by atoms with Crippen molar-refractivity contribution in [3.8, 4) is 0 Å². The van der Waals surface area contributed by atoms with Crippen LogP contribution in [0.5, 0.6) is 0 Å². The number of rotatable bonds is 8. The fraction of sp³-hybridized carbons (Fsp3) is 0.500. The lowest BCUT2D eigenvalue weighted by molar-refractivity contribution is -0.126. The number of nitrogens with one attached hydrogen (secondary N) is 2. The topological polar surface area (TPSA) is 61.4 Å². The summed E-state index contributed by atoms with van der Waals surface area (Å²) in [7, 11) is 0. The van der Waals surface area contributed by atoms with Crippen LogP contribution in [0.25, 0.3) is 0 Å². The van der Waals surface area contributed by atoms with Gasteiger partial charge in [0.2, 0.25) is 5.91 Å². The third kappa shape index (κ3) is 8.14. The molecule has 0 bridgehead atoms. The minimum absolute atomic E-state index is 0.0871. The maximum Gasteiger partial charge on any atom is 0.251 e. The second-order valence-electron chi connectivity index (χ2n) is 10.6. The van der Waals surface area contributed by atoms with Crippen LogP contribution < -0.4 is 10.6 Å². The Labute approximate surface area is 209 Å². The molecule has 0 spiro atoms. The molecule has 3 rings (SSSR count). The van der Waals surface area contributed by atoms with E-state index in [-0.39, 0.29) is 17.7 Å². The lowest BCUT2D eigenvalue weighted by Gasteiger charge is -2.33. The van der Waals surface area contributed by atoms with Crippen LogP contribution in [-0.2, 0) is 17.9 Å². The van der Waals surface area contributed by atoms with Crippen LogP contribution in [0.15, 0.2) is 42.5 Å². The Hall–Kier alpha value is -2.37. The Morgan fingerprint density at radius 3 is 2.29 bits per heavy atom. The first-order valence-corrected chi connectivity index (χ1v) is 12.6. The van der Waals surface area contributed by atoms with Crippen LogP contribution in [0.1, 0.15) is 67.1 Å². The standard InChI is InChI=1S/C28H38ClN3O2/c1-20-17-23(27(34)30-18-21-5-9-25(29)10-6-21)7-8-24(20)19-31-26(33)22-11-14-32(15-12-22)16-13-28(2,3)4/h5-10,17,22H,11-16,18-19H2,1-4H3,(H,30,34)(H,31,33). The highest BCUT2D eigenvalue weighted by atomic mass is 35.5. The van der Waals surface area contributed by atoms with Gasteiger partial charge in [0.1, 0.15) is 0 Å². The van der Waals surface area contributed by atoms with Gasteiger partial charge in [0, 0.05) is 29.6 Å². The predicted octanol–water partition coefficient (Wildman–Crippen LogP) is 5.34. The Kier molecular flexibility index (Phi) is 9.15. The van der Waals surface area contributed by atoms with Gasteiger partial charge in [0.15, 0.2) is 0 Å². The average molecular weight is 484 g/mol. The molecule has 2 amide bonds. The van der Waals surface area contributed by atoms with Crippen molar-refractivity contribution in [1.82, 2.24) is 15.5 Å². The van der Waals surface area contributed by atoms with Crippen LogP contribution in [-0.4, -0.2) is 36.3 Å². The molecule has 5 nitrogen and oxygen atoms in total. The monoisotopic (exact) mass is 483 g/mol. The molecule has 6 heteroatoms. The Balaban J connectivity index is 1.44. The van der Waals surface area contributed by atoms with Crippen molar-refractivity contribution in [3.63, 3.8) is 0 Å². The summed E-state index contributed by atoms with van der Waals surface area (Å²) in [5, 5.41) is 6.73. The molecule has 2 N–H and O–H groups in total. The molecule has 0 aliphatic carbocycles. The lowest BCUT2D eigenvalue weighted by atomic mass is 9.90. The van der Waals surface area contributed by atoms with Crippen LogP contribution in [0.2, 0.25) is 5.02 Å². The van der Waals surface area contributed by atoms with E-state index in [1.165, 1.54) is 6.42 Å². The van der Waals surface area contributed by atoms with Crippen molar-refractivity contribution < 1.29 is 9.59 Å². The van der Waals surface area contributed by atoms with Crippen LogP contribution in [0.3, 0.4) is 0 Å². The Morgan fingerprint density at radius 2 is 1.68 bits per heavy atom. The maximum atomic E-state index is 12.7. The van der Waals surface area contributed by atoms with Crippen molar-refractivity contribution in [2.45, 2.75) is 60.0 Å². The maximum absolute atomic E-state index is 12.7. The number of hydrogen-bond acceptors (Lipinski definition) is 3. The highest BCUT2D eigenvalue weighted by Gasteiger charge is 2.25. The molecular weight excluding hydrogens is 446 g/mol. The van der Waals surface area contributed by atoms with E-state index in [0.717, 1.165) is 49.2 Å². The Morgan fingerprint density at radius 1 is 1.00 bits per heavy atom. The largest absolute Gasteiger partial charge is 0.352 e.